The molecule has 0 aliphatic rings. The maximum atomic E-state index is 12.7. The third kappa shape index (κ3) is 6.38. The van der Waals surface area contributed by atoms with Gasteiger partial charge in [0.25, 0.3) is 5.91 Å². The first-order valence-electron chi connectivity index (χ1n) is 10.4. The normalized spacial score (nSPS) is 11.3. The summed E-state index contributed by atoms with van der Waals surface area (Å²) in [4.78, 5) is 26.7. The lowest BCUT2D eigenvalue weighted by atomic mass is 10.1. The van der Waals surface area contributed by atoms with Gasteiger partial charge in [0, 0.05) is 37.3 Å². The largest absolute Gasteiger partial charge is 0.339 e. The van der Waals surface area contributed by atoms with Crippen molar-refractivity contribution in [2.75, 3.05) is 25.0 Å². The smallest absolute Gasteiger partial charge is 0.253 e. The van der Waals surface area contributed by atoms with Gasteiger partial charge in [-0.25, -0.2) is 13.1 Å². The monoisotopic (exact) mass is 445 g/mol. The number of nitrogens with zero attached hydrogens (tertiary/aromatic N) is 1. The van der Waals surface area contributed by atoms with Gasteiger partial charge in [-0.3, -0.25) is 9.59 Å². The second-order valence-corrected chi connectivity index (χ2v) is 9.19. The molecule has 0 bridgehead atoms. The Morgan fingerprint density at radius 1 is 0.968 bits per heavy atom. The fourth-order valence-electron chi connectivity index (χ4n) is 3.61. The Labute approximate surface area is 184 Å². The Balaban J connectivity index is 1.99. The molecular weight excluding hydrogens is 414 g/mol. The second-order valence-electron chi connectivity index (χ2n) is 7.48. The Kier molecular flexibility index (Phi) is 8.36. The number of carbonyl (C=O) groups is 2. The average molecular weight is 446 g/mol. The van der Waals surface area contributed by atoms with Crippen LogP contribution in [0.15, 0.2) is 41.3 Å². The zero-order valence-corrected chi connectivity index (χ0v) is 19.6. The van der Waals surface area contributed by atoms with Gasteiger partial charge >= 0.3 is 0 Å². The lowest BCUT2D eigenvalue weighted by Crippen LogP contribution is -2.30. The van der Waals surface area contributed by atoms with E-state index >= 15 is 0 Å². The van der Waals surface area contributed by atoms with E-state index < -0.39 is 10.0 Å². The third-order valence-corrected chi connectivity index (χ3v) is 6.73. The van der Waals surface area contributed by atoms with Crippen LogP contribution in [0, 0.1) is 20.8 Å². The van der Waals surface area contributed by atoms with E-state index in [4.69, 9.17) is 0 Å². The molecule has 0 saturated heterocycles. The second kappa shape index (κ2) is 10.5. The van der Waals surface area contributed by atoms with Gasteiger partial charge in [-0.15, -0.1) is 0 Å². The van der Waals surface area contributed by atoms with Crippen molar-refractivity contribution >= 4 is 27.5 Å². The van der Waals surface area contributed by atoms with Gasteiger partial charge < -0.3 is 10.2 Å². The van der Waals surface area contributed by atoms with Crippen LogP contribution in [0.25, 0.3) is 0 Å². The van der Waals surface area contributed by atoms with E-state index in [-0.39, 0.29) is 29.7 Å². The van der Waals surface area contributed by atoms with E-state index in [2.05, 4.69) is 10.0 Å². The van der Waals surface area contributed by atoms with Crippen molar-refractivity contribution in [1.82, 2.24) is 9.62 Å². The van der Waals surface area contributed by atoms with E-state index in [1.807, 2.05) is 32.9 Å². The molecule has 2 aromatic rings. The Bertz CT molecular complexity index is 1040. The predicted octanol–water partition coefficient (Wildman–Crippen LogP) is 3.40. The Morgan fingerprint density at radius 3 is 2.16 bits per heavy atom. The van der Waals surface area contributed by atoms with Crippen molar-refractivity contribution in [2.45, 2.75) is 45.9 Å². The van der Waals surface area contributed by atoms with Crippen LogP contribution in [-0.2, 0) is 14.8 Å². The average Bonchev–Trinajstić information content (AvgIpc) is 2.67. The summed E-state index contributed by atoms with van der Waals surface area (Å²) >= 11 is 0. The first-order valence-corrected chi connectivity index (χ1v) is 11.8. The summed E-state index contributed by atoms with van der Waals surface area (Å²) in [5, 5.41) is 2.72. The van der Waals surface area contributed by atoms with Gasteiger partial charge in [-0.05, 0) is 63.9 Å². The van der Waals surface area contributed by atoms with Crippen molar-refractivity contribution in [1.29, 1.82) is 0 Å². The van der Waals surface area contributed by atoms with Crippen LogP contribution in [0.5, 0.6) is 0 Å². The number of aryl methyl sites for hydroxylation is 3. The zero-order chi connectivity index (χ0) is 23.2. The Hall–Kier alpha value is -2.71. The first kappa shape index (κ1) is 24.6. The minimum atomic E-state index is -3.72. The molecule has 0 heterocycles. The van der Waals surface area contributed by atoms with Crippen LogP contribution in [-0.4, -0.2) is 44.8 Å². The molecule has 0 atom stereocenters. The lowest BCUT2D eigenvalue weighted by Gasteiger charge is -2.19. The topological polar surface area (TPSA) is 95.6 Å². The van der Waals surface area contributed by atoms with Crippen LogP contribution in [0.3, 0.4) is 0 Å². The molecule has 7 nitrogen and oxygen atoms in total. The number of anilines is 1. The van der Waals surface area contributed by atoms with Crippen LogP contribution in [0.1, 0.15) is 47.3 Å². The molecule has 0 aliphatic carbocycles. The number of carbonyl (C=O) groups excluding carboxylic acids is 2. The van der Waals surface area contributed by atoms with Gasteiger partial charge in [0.1, 0.15) is 0 Å². The molecule has 2 N–H and O–H groups in total. The summed E-state index contributed by atoms with van der Waals surface area (Å²) < 4.78 is 27.9. The van der Waals surface area contributed by atoms with Crippen molar-refractivity contribution in [2.24, 2.45) is 0 Å². The number of amides is 2. The summed E-state index contributed by atoms with van der Waals surface area (Å²) in [6, 6.07) is 10.4. The molecule has 0 radical (unpaired) electrons. The molecule has 0 aliphatic heterocycles. The fraction of sp³-hybridized carbons (Fsp3) is 0.391. The van der Waals surface area contributed by atoms with Crippen molar-refractivity contribution in [3.8, 4) is 0 Å². The van der Waals surface area contributed by atoms with E-state index in [1.54, 1.807) is 43.0 Å². The molecule has 0 unspecified atom stereocenters. The standard InChI is InChI=1S/C23H31N3O4S/c1-6-26(7-2)23(28)19-9-8-10-20(15-19)25-21(27)11-12-24-31(29,30)22-17(4)13-16(3)14-18(22)5/h8-10,13-15,24H,6-7,11-12H2,1-5H3,(H,25,27). The molecule has 0 saturated carbocycles. The highest BCUT2D eigenvalue weighted by molar-refractivity contribution is 7.89. The molecule has 2 amide bonds. The quantitative estimate of drug-likeness (QED) is 0.618. The van der Waals surface area contributed by atoms with Crippen LogP contribution >= 0.6 is 0 Å². The maximum Gasteiger partial charge on any atom is 0.253 e. The van der Waals surface area contributed by atoms with Gasteiger partial charge in [0.15, 0.2) is 0 Å². The van der Waals surface area contributed by atoms with Gasteiger partial charge in [0.2, 0.25) is 15.9 Å². The van der Waals surface area contributed by atoms with Gasteiger partial charge in [-0.2, -0.15) is 0 Å². The van der Waals surface area contributed by atoms with Crippen molar-refractivity contribution in [3.63, 3.8) is 0 Å². The number of sulfonamides is 1. The number of benzene rings is 2. The van der Waals surface area contributed by atoms with E-state index in [0.29, 0.717) is 35.5 Å². The summed E-state index contributed by atoms with van der Waals surface area (Å²) in [5.41, 5.74) is 3.33. The van der Waals surface area contributed by atoms with E-state index in [1.165, 1.54) is 0 Å². The molecule has 0 aromatic heterocycles. The minimum absolute atomic E-state index is 0.0288. The van der Waals surface area contributed by atoms with Gasteiger partial charge in [-0.1, -0.05) is 23.8 Å². The van der Waals surface area contributed by atoms with Crippen LogP contribution in [0.4, 0.5) is 5.69 Å². The van der Waals surface area contributed by atoms with E-state index in [0.717, 1.165) is 5.56 Å². The van der Waals surface area contributed by atoms with Crippen molar-refractivity contribution < 1.29 is 18.0 Å². The highest BCUT2D eigenvalue weighted by Gasteiger charge is 2.20. The first-order chi connectivity index (χ1) is 14.6. The predicted molar refractivity (Wildman–Crippen MR) is 123 cm³/mol. The zero-order valence-electron chi connectivity index (χ0n) is 18.8. The van der Waals surface area contributed by atoms with Gasteiger partial charge in [0.05, 0.1) is 4.90 Å². The molecule has 2 rings (SSSR count). The van der Waals surface area contributed by atoms with Crippen molar-refractivity contribution in [3.05, 3.63) is 58.7 Å². The highest BCUT2D eigenvalue weighted by atomic mass is 32.2. The molecule has 0 spiro atoms. The summed E-state index contributed by atoms with van der Waals surface area (Å²) in [6.07, 6.45) is -0.0304. The third-order valence-electron chi connectivity index (χ3n) is 4.96. The molecular formula is C23H31N3O4S. The number of nitrogens with one attached hydrogen (secondary N) is 2. The van der Waals surface area contributed by atoms with E-state index in [9.17, 15) is 18.0 Å². The Morgan fingerprint density at radius 2 is 1.58 bits per heavy atom. The molecule has 31 heavy (non-hydrogen) atoms. The highest BCUT2D eigenvalue weighted by Crippen LogP contribution is 2.21. The SMILES string of the molecule is CCN(CC)C(=O)c1cccc(NC(=O)CCNS(=O)(=O)c2c(C)cc(C)cc2C)c1. The molecule has 0 fully saturated rings. The number of hydrogen-bond acceptors (Lipinski definition) is 4. The summed E-state index contributed by atoms with van der Waals surface area (Å²) in [7, 11) is -3.72. The molecule has 8 heteroatoms. The minimum Gasteiger partial charge on any atom is -0.339 e. The van der Waals surface area contributed by atoms with Crippen LogP contribution < -0.4 is 10.0 Å². The lowest BCUT2D eigenvalue weighted by molar-refractivity contribution is -0.116. The molecule has 168 valence electrons. The van der Waals surface area contributed by atoms with Crippen LogP contribution in [0.2, 0.25) is 0 Å². The number of rotatable bonds is 9. The number of hydrogen-bond donors (Lipinski definition) is 2. The molecule has 2 aromatic carbocycles. The maximum absolute atomic E-state index is 12.7. The fourth-order valence-corrected chi connectivity index (χ4v) is 5.09. The summed E-state index contributed by atoms with van der Waals surface area (Å²) in [6.45, 7) is 10.4. The summed E-state index contributed by atoms with van der Waals surface area (Å²) in [5.74, 6) is -0.440.